The molecule has 4 aliphatic rings. The number of nitrogens with one attached hydrogen (secondary N) is 3. The molecule has 0 spiro atoms. The molecule has 5 rings (SSSR count). The number of quaternary nitrogens is 1. The molecule has 9 heteroatoms. The molecule has 2 amide bonds. The Kier molecular flexibility index (Phi) is 6.38. The van der Waals surface area contributed by atoms with E-state index < -0.39 is 5.60 Å². The fourth-order valence-corrected chi connectivity index (χ4v) is 5.59. The number of nitrogens with zero attached hydrogens (tertiary/aromatic N) is 3. The Bertz CT molecular complexity index is 760. The molecule has 1 aliphatic carbocycles. The number of aliphatic hydroxyl groups is 1. The number of hydrogen-bond acceptors (Lipinski definition) is 5. The summed E-state index contributed by atoms with van der Waals surface area (Å²) < 4.78 is 1.89. The van der Waals surface area contributed by atoms with Gasteiger partial charge in [0.1, 0.15) is 17.3 Å². The lowest BCUT2D eigenvalue weighted by Gasteiger charge is -2.46. The van der Waals surface area contributed by atoms with Crippen molar-refractivity contribution in [3.05, 3.63) is 11.9 Å². The molecule has 0 radical (unpaired) electrons. The third kappa shape index (κ3) is 4.67. The van der Waals surface area contributed by atoms with Crippen molar-refractivity contribution in [3.63, 3.8) is 0 Å². The Morgan fingerprint density at radius 2 is 2.03 bits per heavy atom. The van der Waals surface area contributed by atoms with E-state index in [-0.39, 0.29) is 17.7 Å². The average molecular weight is 420 g/mol. The molecular formula is C21H35N6O3+. The molecule has 9 nitrogen and oxygen atoms in total. The van der Waals surface area contributed by atoms with Crippen LogP contribution in [0.2, 0.25) is 0 Å². The van der Waals surface area contributed by atoms with Gasteiger partial charge in [0, 0.05) is 32.9 Å². The summed E-state index contributed by atoms with van der Waals surface area (Å²) in [7, 11) is 0. The van der Waals surface area contributed by atoms with Crippen LogP contribution in [0.4, 0.5) is 0 Å². The van der Waals surface area contributed by atoms with Crippen molar-refractivity contribution in [3.8, 4) is 0 Å². The highest BCUT2D eigenvalue weighted by Crippen LogP contribution is 2.35. The van der Waals surface area contributed by atoms with Crippen LogP contribution in [-0.4, -0.2) is 64.1 Å². The third-order valence-corrected chi connectivity index (χ3v) is 7.29. The SMILES string of the molecule is CC(=O)NCCNC(=O)[C@H]1C[NH+]2CC[C@H]1C[C@@H]2Cn1cc(C2(O)CCCCC2)nn1. The van der Waals surface area contributed by atoms with Gasteiger partial charge in [-0.25, -0.2) is 4.68 Å². The first kappa shape index (κ1) is 21.2. The van der Waals surface area contributed by atoms with Gasteiger partial charge in [-0.2, -0.15) is 0 Å². The van der Waals surface area contributed by atoms with Crippen molar-refractivity contribution in [2.45, 2.75) is 70.1 Å². The second-order valence-electron chi connectivity index (χ2n) is 9.39. The Morgan fingerprint density at radius 1 is 1.27 bits per heavy atom. The summed E-state index contributed by atoms with van der Waals surface area (Å²) in [5.41, 5.74) is -0.0973. The first-order chi connectivity index (χ1) is 14.4. The Morgan fingerprint density at radius 3 is 2.73 bits per heavy atom. The lowest BCUT2D eigenvalue weighted by molar-refractivity contribution is -0.945. The van der Waals surface area contributed by atoms with E-state index in [4.69, 9.17) is 0 Å². The van der Waals surface area contributed by atoms with Gasteiger partial charge in [-0.3, -0.25) is 9.59 Å². The fraction of sp³-hybridized carbons (Fsp3) is 0.810. The van der Waals surface area contributed by atoms with Crippen LogP contribution in [0.1, 0.15) is 57.6 Å². The van der Waals surface area contributed by atoms with Crippen LogP contribution in [0.3, 0.4) is 0 Å². The van der Waals surface area contributed by atoms with Gasteiger partial charge in [0.15, 0.2) is 0 Å². The molecule has 4 fully saturated rings. The standard InChI is InChI=1S/C21H34N6O3/c1-15(28)22-8-9-23-20(29)18-13-26-10-5-16(18)11-17(26)12-27-14-19(24-25-27)21(30)6-3-2-4-7-21/h14,16-18,30H,2-13H2,1H3,(H,22,28)(H,23,29)/p+1/t16-,17+,18-/m0/s1. The van der Waals surface area contributed by atoms with Gasteiger partial charge in [0.05, 0.1) is 31.7 Å². The van der Waals surface area contributed by atoms with E-state index in [2.05, 4.69) is 20.9 Å². The maximum Gasteiger partial charge on any atom is 0.229 e. The van der Waals surface area contributed by atoms with Gasteiger partial charge < -0.3 is 20.6 Å². The van der Waals surface area contributed by atoms with E-state index in [1.807, 2.05) is 10.9 Å². The minimum absolute atomic E-state index is 0.0524. The molecule has 4 heterocycles. The van der Waals surface area contributed by atoms with Crippen LogP contribution in [-0.2, 0) is 21.7 Å². The highest BCUT2D eigenvalue weighted by Gasteiger charge is 2.46. The number of carbonyl (C=O) groups is 2. The predicted molar refractivity (Wildman–Crippen MR) is 109 cm³/mol. The first-order valence-corrected chi connectivity index (χ1v) is 11.4. The number of carbonyl (C=O) groups excluding carboxylic acids is 2. The van der Waals surface area contributed by atoms with E-state index in [1.165, 1.54) is 18.2 Å². The molecule has 3 saturated heterocycles. The first-order valence-electron chi connectivity index (χ1n) is 11.4. The van der Waals surface area contributed by atoms with Gasteiger partial charge >= 0.3 is 0 Å². The van der Waals surface area contributed by atoms with Crippen molar-refractivity contribution >= 4 is 11.8 Å². The van der Waals surface area contributed by atoms with Crippen molar-refractivity contribution in [1.29, 1.82) is 0 Å². The summed E-state index contributed by atoms with van der Waals surface area (Å²) in [5, 5.41) is 25.2. The van der Waals surface area contributed by atoms with Crippen molar-refractivity contribution in [2.75, 3.05) is 26.2 Å². The number of rotatable bonds is 7. The normalized spacial score (nSPS) is 30.1. The number of fused-ring (bicyclic) bond motifs is 3. The summed E-state index contributed by atoms with van der Waals surface area (Å²) in [5.74, 6) is 0.491. The van der Waals surface area contributed by atoms with Gasteiger partial charge in [-0.15, -0.1) is 5.10 Å². The maximum atomic E-state index is 12.6. The molecule has 1 aromatic rings. The number of amides is 2. The highest BCUT2D eigenvalue weighted by atomic mass is 16.3. The Balaban J connectivity index is 1.30. The largest absolute Gasteiger partial charge is 0.383 e. The van der Waals surface area contributed by atoms with E-state index in [1.54, 1.807) is 0 Å². The minimum Gasteiger partial charge on any atom is -0.383 e. The number of piperidine rings is 3. The van der Waals surface area contributed by atoms with Gasteiger partial charge in [0.2, 0.25) is 11.8 Å². The number of hydrogen-bond donors (Lipinski definition) is 4. The van der Waals surface area contributed by atoms with Crippen molar-refractivity contribution < 1.29 is 19.6 Å². The van der Waals surface area contributed by atoms with Gasteiger partial charge in [-0.1, -0.05) is 24.5 Å². The van der Waals surface area contributed by atoms with Crippen LogP contribution in [0, 0.1) is 11.8 Å². The fourth-order valence-electron chi connectivity index (χ4n) is 5.59. The van der Waals surface area contributed by atoms with Crippen LogP contribution < -0.4 is 15.5 Å². The second-order valence-corrected chi connectivity index (χ2v) is 9.39. The van der Waals surface area contributed by atoms with Crippen molar-refractivity contribution in [2.24, 2.45) is 11.8 Å². The molecule has 0 aromatic carbocycles. The predicted octanol–water partition coefficient (Wildman–Crippen LogP) is -1.02. The van der Waals surface area contributed by atoms with Crippen LogP contribution >= 0.6 is 0 Å². The summed E-state index contributed by atoms with van der Waals surface area (Å²) >= 11 is 0. The molecule has 1 unspecified atom stereocenters. The van der Waals surface area contributed by atoms with Crippen LogP contribution in [0.25, 0.3) is 0 Å². The van der Waals surface area contributed by atoms with E-state index >= 15 is 0 Å². The molecule has 30 heavy (non-hydrogen) atoms. The van der Waals surface area contributed by atoms with Crippen LogP contribution in [0.5, 0.6) is 0 Å². The monoisotopic (exact) mass is 419 g/mol. The molecule has 2 bridgehead atoms. The summed E-state index contributed by atoms with van der Waals surface area (Å²) in [4.78, 5) is 25.0. The average Bonchev–Trinajstić information content (AvgIpc) is 3.21. The molecular weight excluding hydrogens is 384 g/mol. The zero-order valence-electron chi connectivity index (χ0n) is 17.9. The molecule has 166 valence electrons. The quantitative estimate of drug-likeness (QED) is 0.423. The molecule has 1 saturated carbocycles. The van der Waals surface area contributed by atoms with Gasteiger partial charge in [0.25, 0.3) is 0 Å². The second kappa shape index (κ2) is 9.01. The highest BCUT2D eigenvalue weighted by molar-refractivity contribution is 5.79. The Hall–Kier alpha value is -2.00. The number of aromatic nitrogens is 3. The van der Waals surface area contributed by atoms with E-state index in [0.717, 1.165) is 58.2 Å². The smallest absolute Gasteiger partial charge is 0.229 e. The lowest BCUT2D eigenvalue weighted by atomic mass is 9.75. The lowest BCUT2D eigenvalue weighted by Crippen LogP contribution is -3.20. The Labute approximate surface area is 177 Å². The summed E-state index contributed by atoms with van der Waals surface area (Å²) in [6.07, 6.45) is 8.83. The zero-order chi connectivity index (χ0) is 21.1. The van der Waals surface area contributed by atoms with Crippen molar-refractivity contribution in [1.82, 2.24) is 25.6 Å². The van der Waals surface area contributed by atoms with E-state index in [0.29, 0.717) is 30.7 Å². The zero-order valence-corrected chi connectivity index (χ0v) is 17.9. The topological polar surface area (TPSA) is 114 Å². The van der Waals surface area contributed by atoms with Gasteiger partial charge in [-0.05, 0) is 18.8 Å². The molecule has 4 N–H and O–H groups in total. The molecule has 1 aromatic heterocycles. The maximum absolute atomic E-state index is 12.6. The van der Waals surface area contributed by atoms with E-state index in [9.17, 15) is 14.7 Å². The third-order valence-electron chi connectivity index (χ3n) is 7.29. The molecule has 4 atom stereocenters. The minimum atomic E-state index is -0.810. The summed E-state index contributed by atoms with van der Waals surface area (Å²) in [6, 6.07) is 0.433. The molecule has 3 aliphatic heterocycles. The summed E-state index contributed by atoms with van der Waals surface area (Å²) in [6.45, 7) is 5.16. The van der Waals surface area contributed by atoms with Crippen LogP contribution in [0.15, 0.2) is 6.20 Å².